The zero-order valence-corrected chi connectivity index (χ0v) is 6.67. The second-order valence-corrected chi connectivity index (χ2v) is 2.33. The minimum absolute atomic E-state index is 0.0506. The summed E-state index contributed by atoms with van der Waals surface area (Å²) in [5.74, 6) is -1.35. The number of nitrogens with zero attached hydrogens (tertiary/aromatic N) is 2. The first-order chi connectivity index (χ1) is 6.60. The number of carbonyl (C=O) groups excluding carboxylic acids is 1. The van der Waals surface area contributed by atoms with Crippen LogP contribution >= 0.6 is 0 Å². The fourth-order valence-electron chi connectivity index (χ4n) is 0.897. The Labute approximate surface area is 76.8 Å². The van der Waals surface area contributed by atoms with Gasteiger partial charge in [0.1, 0.15) is 11.8 Å². The number of halogens is 3. The van der Waals surface area contributed by atoms with Gasteiger partial charge in [0.25, 0.3) is 6.43 Å². The molecule has 0 atom stereocenters. The maximum atomic E-state index is 12.8. The third kappa shape index (κ3) is 1.71. The van der Waals surface area contributed by atoms with Gasteiger partial charge in [0, 0.05) is 5.56 Å². The van der Waals surface area contributed by atoms with Crippen LogP contribution in [0.2, 0.25) is 0 Å². The molecule has 0 bridgehead atoms. The van der Waals surface area contributed by atoms with Crippen LogP contribution in [0.1, 0.15) is 28.0 Å². The summed E-state index contributed by atoms with van der Waals surface area (Å²) in [6.07, 6.45) is -3.06. The molecule has 0 amide bonds. The van der Waals surface area contributed by atoms with E-state index in [2.05, 4.69) is 4.98 Å². The molecule has 0 spiro atoms. The van der Waals surface area contributed by atoms with Gasteiger partial charge in [-0.2, -0.15) is 9.65 Å². The van der Waals surface area contributed by atoms with Crippen LogP contribution in [-0.2, 0) is 0 Å². The molecule has 14 heavy (non-hydrogen) atoms. The first-order valence-corrected chi connectivity index (χ1v) is 3.44. The predicted molar refractivity (Wildman–Crippen MR) is 39.3 cm³/mol. The van der Waals surface area contributed by atoms with E-state index in [1.807, 2.05) is 0 Å². The van der Waals surface area contributed by atoms with E-state index in [1.54, 1.807) is 0 Å². The van der Waals surface area contributed by atoms with E-state index in [9.17, 15) is 18.0 Å². The van der Waals surface area contributed by atoms with Crippen molar-refractivity contribution < 1.29 is 18.0 Å². The van der Waals surface area contributed by atoms with Crippen LogP contribution in [0.3, 0.4) is 0 Å². The second kappa shape index (κ2) is 3.87. The molecular weight excluding hydrogens is 197 g/mol. The van der Waals surface area contributed by atoms with Crippen molar-refractivity contribution >= 4 is 6.29 Å². The number of hydrogen-bond donors (Lipinski definition) is 0. The lowest BCUT2D eigenvalue weighted by molar-refractivity contribution is 0.110. The Morgan fingerprint density at radius 2 is 2.21 bits per heavy atom. The van der Waals surface area contributed by atoms with Crippen LogP contribution in [0.15, 0.2) is 6.07 Å². The Morgan fingerprint density at radius 3 is 2.64 bits per heavy atom. The van der Waals surface area contributed by atoms with Crippen molar-refractivity contribution in [2.75, 3.05) is 0 Å². The second-order valence-electron chi connectivity index (χ2n) is 2.33. The third-order valence-corrected chi connectivity index (χ3v) is 1.51. The molecule has 1 aromatic rings. The fraction of sp³-hybridized carbons (Fsp3) is 0.125. The van der Waals surface area contributed by atoms with Crippen LogP contribution in [0.5, 0.6) is 0 Å². The van der Waals surface area contributed by atoms with Gasteiger partial charge in [0.05, 0.1) is 5.56 Å². The van der Waals surface area contributed by atoms with E-state index in [4.69, 9.17) is 5.26 Å². The third-order valence-electron chi connectivity index (χ3n) is 1.51. The summed E-state index contributed by atoms with van der Waals surface area (Å²) in [6.45, 7) is 0. The molecule has 1 rings (SSSR count). The van der Waals surface area contributed by atoms with Gasteiger partial charge >= 0.3 is 0 Å². The zero-order valence-electron chi connectivity index (χ0n) is 6.67. The van der Waals surface area contributed by atoms with E-state index >= 15 is 0 Å². The van der Waals surface area contributed by atoms with Crippen molar-refractivity contribution in [3.63, 3.8) is 0 Å². The molecule has 0 saturated carbocycles. The van der Waals surface area contributed by atoms with Crippen molar-refractivity contribution in [1.29, 1.82) is 5.26 Å². The summed E-state index contributed by atoms with van der Waals surface area (Å²) >= 11 is 0. The topological polar surface area (TPSA) is 53.8 Å². The van der Waals surface area contributed by atoms with Crippen molar-refractivity contribution in [3.8, 4) is 6.07 Å². The van der Waals surface area contributed by atoms with Gasteiger partial charge in [-0.3, -0.25) is 4.79 Å². The van der Waals surface area contributed by atoms with Crippen LogP contribution in [0, 0.1) is 17.3 Å². The summed E-state index contributed by atoms with van der Waals surface area (Å²) in [7, 11) is 0. The zero-order chi connectivity index (χ0) is 10.7. The summed E-state index contributed by atoms with van der Waals surface area (Å²) < 4.78 is 37.3. The highest BCUT2D eigenvalue weighted by atomic mass is 19.3. The quantitative estimate of drug-likeness (QED) is 0.540. The summed E-state index contributed by atoms with van der Waals surface area (Å²) in [5, 5.41) is 8.32. The minimum Gasteiger partial charge on any atom is -0.298 e. The Bertz CT molecular complexity index is 412. The molecule has 0 saturated heterocycles. The maximum Gasteiger partial charge on any atom is 0.264 e. The maximum absolute atomic E-state index is 12.8. The number of alkyl halides is 2. The average Bonchev–Trinajstić information content (AvgIpc) is 2.16. The fourth-order valence-corrected chi connectivity index (χ4v) is 0.897. The Balaban J connectivity index is 3.45. The molecule has 1 aromatic heterocycles. The largest absolute Gasteiger partial charge is 0.298 e. The van der Waals surface area contributed by atoms with Crippen LogP contribution < -0.4 is 0 Å². The van der Waals surface area contributed by atoms with Gasteiger partial charge in [-0.1, -0.05) is 0 Å². The van der Waals surface area contributed by atoms with Crippen molar-refractivity contribution in [3.05, 3.63) is 28.8 Å². The minimum atomic E-state index is -3.01. The standard InChI is InChI=1S/C8H3F3N2O/c9-7(10)5-1-4(2-12)13-8(11)6(5)3-14/h1,3,7H. The molecule has 0 aliphatic rings. The van der Waals surface area contributed by atoms with Crippen molar-refractivity contribution in [2.24, 2.45) is 0 Å². The normalized spacial score (nSPS) is 9.93. The molecule has 1 heterocycles. The molecule has 0 radical (unpaired) electrons. The van der Waals surface area contributed by atoms with E-state index in [0.29, 0.717) is 6.07 Å². The number of rotatable bonds is 2. The highest BCUT2D eigenvalue weighted by Gasteiger charge is 2.18. The lowest BCUT2D eigenvalue weighted by atomic mass is 10.1. The number of pyridine rings is 1. The molecule has 0 N–H and O–H groups in total. The Hall–Kier alpha value is -1.90. The van der Waals surface area contributed by atoms with Crippen LogP contribution in [0.25, 0.3) is 0 Å². The molecule has 0 aromatic carbocycles. The van der Waals surface area contributed by atoms with Gasteiger partial charge in [0.2, 0.25) is 5.95 Å². The summed E-state index contributed by atoms with van der Waals surface area (Å²) in [6, 6.07) is 2.11. The lowest BCUT2D eigenvalue weighted by Gasteiger charge is -2.03. The van der Waals surface area contributed by atoms with E-state index in [-0.39, 0.29) is 6.29 Å². The molecule has 0 aliphatic carbocycles. The van der Waals surface area contributed by atoms with Gasteiger partial charge in [0.15, 0.2) is 6.29 Å². The average molecular weight is 200 g/mol. The summed E-state index contributed by atoms with van der Waals surface area (Å²) in [5.41, 5.74) is -2.11. The number of hydrogen-bond acceptors (Lipinski definition) is 3. The molecule has 0 unspecified atom stereocenters. The smallest absolute Gasteiger partial charge is 0.264 e. The monoisotopic (exact) mass is 200 g/mol. The van der Waals surface area contributed by atoms with E-state index in [1.165, 1.54) is 6.07 Å². The predicted octanol–water partition coefficient (Wildman–Crippen LogP) is 1.84. The van der Waals surface area contributed by atoms with Gasteiger partial charge in [-0.25, -0.2) is 13.8 Å². The van der Waals surface area contributed by atoms with Gasteiger partial charge < -0.3 is 0 Å². The SMILES string of the molecule is N#Cc1cc(C(F)F)c(C=O)c(F)n1. The van der Waals surface area contributed by atoms with Gasteiger partial charge in [-0.05, 0) is 6.07 Å². The molecule has 0 aliphatic heterocycles. The van der Waals surface area contributed by atoms with Gasteiger partial charge in [-0.15, -0.1) is 0 Å². The van der Waals surface area contributed by atoms with Crippen molar-refractivity contribution in [2.45, 2.75) is 6.43 Å². The molecule has 3 nitrogen and oxygen atoms in total. The Morgan fingerprint density at radius 1 is 1.57 bits per heavy atom. The molecule has 6 heteroatoms. The highest BCUT2D eigenvalue weighted by Crippen LogP contribution is 2.23. The van der Waals surface area contributed by atoms with Crippen LogP contribution in [0.4, 0.5) is 13.2 Å². The van der Waals surface area contributed by atoms with Crippen LogP contribution in [-0.4, -0.2) is 11.3 Å². The van der Waals surface area contributed by atoms with Crippen molar-refractivity contribution in [1.82, 2.24) is 4.98 Å². The molecule has 0 fully saturated rings. The van der Waals surface area contributed by atoms with E-state index in [0.717, 1.165) is 0 Å². The number of carbonyl (C=O) groups is 1. The first-order valence-electron chi connectivity index (χ1n) is 3.44. The number of aldehydes is 1. The first kappa shape index (κ1) is 10.2. The highest BCUT2D eigenvalue weighted by molar-refractivity contribution is 5.77. The Kier molecular flexibility index (Phi) is 2.82. The van der Waals surface area contributed by atoms with E-state index < -0.39 is 29.2 Å². The number of nitriles is 1. The molecular formula is C8H3F3N2O. The lowest BCUT2D eigenvalue weighted by Crippen LogP contribution is -2.02. The number of aromatic nitrogens is 1. The summed E-state index contributed by atoms with van der Waals surface area (Å²) in [4.78, 5) is 13.3. The molecule has 72 valence electrons.